The molecular weight excluding hydrogens is 514 g/mol. The number of esters is 5. The molecule has 0 aromatic heterocycles. The van der Waals surface area contributed by atoms with Crippen molar-refractivity contribution >= 4 is 29.8 Å². The standard InChI is InChI=1S/C26H47N3O10/c1-20(28(14-9-23(31)36-4)15-10-24(32)37-5)18-27(13-8-22(30)35-3)19-21(2)29(16-11-25(33)38-6)17-12-26(34)39-7/h20-21H,8-19H2,1-7H3. The average molecular weight is 562 g/mol. The fourth-order valence-corrected chi connectivity index (χ4v) is 4.04. The Morgan fingerprint density at radius 2 is 0.692 bits per heavy atom. The van der Waals surface area contributed by atoms with Gasteiger partial charge in [-0.25, -0.2) is 0 Å². The third-order valence-electron chi connectivity index (χ3n) is 6.47. The molecule has 0 heterocycles. The monoisotopic (exact) mass is 561 g/mol. The van der Waals surface area contributed by atoms with E-state index in [2.05, 4.69) is 4.90 Å². The average Bonchev–Trinajstić information content (AvgIpc) is 2.94. The third-order valence-corrected chi connectivity index (χ3v) is 6.47. The highest BCUT2D eigenvalue weighted by atomic mass is 16.5. The molecule has 0 aromatic rings. The summed E-state index contributed by atoms with van der Waals surface area (Å²) >= 11 is 0. The first-order valence-electron chi connectivity index (χ1n) is 13.1. The van der Waals surface area contributed by atoms with E-state index in [4.69, 9.17) is 23.7 Å². The summed E-state index contributed by atoms with van der Waals surface area (Å²) < 4.78 is 23.9. The fourth-order valence-electron chi connectivity index (χ4n) is 4.04. The number of nitrogens with zero attached hydrogens (tertiary/aromatic N) is 3. The molecule has 0 saturated carbocycles. The molecule has 226 valence electrons. The van der Waals surface area contributed by atoms with Crippen LogP contribution in [0.5, 0.6) is 0 Å². The van der Waals surface area contributed by atoms with Crippen LogP contribution in [0.15, 0.2) is 0 Å². The summed E-state index contributed by atoms with van der Waals surface area (Å²) in [6.07, 6.45) is 0.820. The lowest BCUT2D eigenvalue weighted by atomic mass is 10.1. The smallest absolute Gasteiger partial charge is 0.306 e. The van der Waals surface area contributed by atoms with Crippen LogP contribution in [0.2, 0.25) is 0 Å². The molecule has 0 N–H and O–H groups in total. The van der Waals surface area contributed by atoms with Gasteiger partial charge in [-0.3, -0.25) is 38.7 Å². The normalized spacial score (nSPS) is 12.7. The van der Waals surface area contributed by atoms with Crippen LogP contribution in [0.25, 0.3) is 0 Å². The number of methoxy groups -OCH3 is 5. The molecule has 0 aromatic carbocycles. The summed E-state index contributed by atoms with van der Waals surface area (Å²) in [5, 5.41) is 0. The first-order valence-corrected chi connectivity index (χ1v) is 13.1. The van der Waals surface area contributed by atoms with Gasteiger partial charge in [-0.2, -0.15) is 0 Å². The van der Waals surface area contributed by atoms with Crippen LogP contribution < -0.4 is 0 Å². The predicted molar refractivity (Wildman–Crippen MR) is 142 cm³/mol. The van der Waals surface area contributed by atoms with E-state index < -0.39 is 0 Å². The Labute approximate surface area is 232 Å². The summed E-state index contributed by atoms with van der Waals surface area (Å²) in [5.74, 6) is -1.76. The van der Waals surface area contributed by atoms with Gasteiger partial charge in [-0.1, -0.05) is 0 Å². The van der Waals surface area contributed by atoms with Gasteiger partial charge in [-0.15, -0.1) is 0 Å². The molecule has 13 nitrogen and oxygen atoms in total. The molecule has 2 atom stereocenters. The minimum Gasteiger partial charge on any atom is -0.469 e. The van der Waals surface area contributed by atoms with Crippen molar-refractivity contribution in [2.75, 3.05) is 81.4 Å². The minimum absolute atomic E-state index is 0.0947. The molecule has 0 rings (SSSR count). The number of hydrogen-bond acceptors (Lipinski definition) is 13. The van der Waals surface area contributed by atoms with Gasteiger partial charge in [-0.05, 0) is 13.8 Å². The molecule has 0 aliphatic rings. The molecule has 39 heavy (non-hydrogen) atoms. The summed E-state index contributed by atoms with van der Waals surface area (Å²) in [4.78, 5) is 65.1. The Bertz CT molecular complexity index is 672. The first kappa shape index (κ1) is 36.2. The molecule has 2 unspecified atom stereocenters. The molecule has 0 aliphatic carbocycles. The highest BCUT2D eigenvalue weighted by Crippen LogP contribution is 2.11. The Morgan fingerprint density at radius 1 is 0.462 bits per heavy atom. The second-order valence-electron chi connectivity index (χ2n) is 9.16. The summed E-state index contributed by atoms with van der Waals surface area (Å²) in [6, 6.07) is -0.189. The summed E-state index contributed by atoms with van der Waals surface area (Å²) in [5.41, 5.74) is 0. The lowest BCUT2D eigenvalue weighted by Gasteiger charge is -2.37. The predicted octanol–water partition coefficient (Wildman–Crippen LogP) is 0.485. The van der Waals surface area contributed by atoms with Gasteiger partial charge in [0.25, 0.3) is 0 Å². The Hall–Kier alpha value is -2.77. The van der Waals surface area contributed by atoms with E-state index in [1.54, 1.807) is 0 Å². The molecular formula is C26H47N3O10. The molecule has 0 amide bonds. The Morgan fingerprint density at radius 3 is 0.923 bits per heavy atom. The van der Waals surface area contributed by atoms with Crippen molar-refractivity contribution in [1.82, 2.24) is 14.7 Å². The van der Waals surface area contributed by atoms with Gasteiger partial charge in [0, 0.05) is 57.9 Å². The Balaban J connectivity index is 5.65. The molecule has 0 bridgehead atoms. The fraction of sp³-hybridized carbons (Fsp3) is 0.808. The van der Waals surface area contributed by atoms with Gasteiger partial charge in [0.1, 0.15) is 0 Å². The maximum Gasteiger partial charge on any atom is 0.306 e. The molecule has 13 heteroatoms. The van der Waals surface area contributed by atoms with Gasteiger partial charge in [0.2, 0.25) is 0 Å². The maximum absolute atomic E-state index is 11.9. The van der Waals surface area contributed by atoms with Crippen molar-refractivity contribution in [3.8, 4) is 0 Å². The third kappa shape index (κ3) is 16.7. The van der Waals surface area contributed by atoms with Crippen LogP contribution in [-0.2, 0) is 47.7 Å². The van der Waals surface area contributed by atoms with Crippen molar-refractivity contribution in [2.24, 2.45) is 0 Å². The molecule has 0 radical (unpaired) electrons. The van der Waals surface area contributed by atoms with Crippen molar-refractivity contribution in [1.29, 1.82) is 0 Å². The Kier molecular flexibility index (Phi) is 19.6. The van der Waals surface area contributed by atoms with Gasteiger partial charge < -0.3 is 23.7 Å². The molecule has 0 aliphatic heterocycles. The van der Waals surface area contributed by atoms with E-state index in [0.717, 1.165) is 0 Å². The van der Waals surface area contributed by atoms with Crippen LogP contribution in [-0.4, -0.2) is 138 Å². The number of ether oxygens (including phenoxy) is 5. The number of hydrogen-bond donors (Lipinski definition) is 0. The molecule has 0 spiro atoms. The van der Waals surface area contributed by atoms with Crippen LogP contribution in [0.4, 0.5) is 0 Å². The number of carbonyl (C=O) groups is 5. The first-order chi connectivity index (χ1) is 18.5. The van der Waals surface area contributed by atoms with E-state index in [0.29, 0.717) is 45.8 Å². The SMILES string of the molecule is COC(=O)CCN(CC(C)N(CCC(=O)OC)CCC(=O)OC)CC(C)N(CCC(=O)OC)CCC(=O)OC. The van der Waals surface area contributed by atoms with E-state index in [-0.39, 0.29) is 74.0 Å². The van der Waals surface area contributed by atoms with Crippen molar-refractivity contribution in [3.63, 3.8) is 0 Å². The minimum atomic E-state index is -0.353. The van der Waals surface area contributed by atoms with E-state index in [1.807, 2.05) is 23.6 Å². The van der Waals surface area contributed by atoms with Gasteiger partial charge in [0.15, 0.2) is 0 Å². The van der Waals surface area contributed by atoms with Crippen LogP contribution >= 0.6 is 0 Å². The highest BCUT2D eigenvalue weighted by Gasteiger charge is 2.24. The van der Waals surface area contributed by atoms with Crippen LogP contribution in [0.1, 0.15) is 46.0 Å². The second kappa shape index (κ2) is 21.1. The quantitative estimate of drug-likeness (QED) is 0.142. The van der Waals surface area contributed by atoms with Crippen molar-refractivity contribution < 1.29 is 47.7 Å². The van der Waals surface area contributed by atoms with Gasteiger partial charge in [0.05, 0.1) is 67.7 Å². The van der Waals surface area contributed by atoms with E-state index in [9.17, 15) is 24.0 Å². The topological polar surface area (TPSA) is 141 Å². The van der Waals surface area contributed by atoms with Crippen molar-refractivity contribution in [2.45, 2.75) is 58.0 Å². The van der Waals surface area contributed by atoms with Crippen LogP contribution in [0.3, 0.4) is 0 Å². The molecule has 0 fully saturated rings. The second-order valence-corrected chi connectivity index (χ2v) is 9.16. The lowest BCUT2D eigenvalue weighted by molar-refractivity contribution is -0.143. The zero-order valence-electron chi connectivity index (χ0n) is 24.6. The lowest BCUT2D eigenvalue weighted by Crippen LogP contribution is -2.49. The summed E-state index contributed by atoms with van der Waals surface area (Å²) in [6.45, 7) is 6.95. The van der Waals surface area contributed by atoms with E-state index in [1.165, 1.54) is 35.5 Å². The van der Waals surface area contributed by atoms with Gasteiger partial charge >= 0.3 is 29.8 Å². The van der Waals surface area contributed by atoms with Crippen molar-refractivity contribution in [3.05, 3.63) is 0 Å². The van der Waals surface area contributed by atoms with E-state index >= 15 is 0 Å². The number of carbonyl (C=O) groups excluding carboxylic acids is 5. The largest absolute Gasteiger partial charge is 0.469 e. The summed E-state index contributed by atoms with van der Waals surface area (Å²) in [7, 11) is 6.64. The maximum atomic E-state index is 11.9. The zero-order chi connectivity index (χ0) is 29.8. The highest BCUT2D eigenvalue weighted by molar-refractivity contribution is 5.71. The zero-order valence-corrected chi connectivity index (χ0v) is 24.6. The number of rotatable bonds is 21. The van der Waals surface area contributed by atoms with Crippen LogP contribution in [0, 0.1) is 0 Å². The molecule has 0 saturated heterocycles.